The lowest BCUT2D eigenvalue weighted by Crippen LogP contribution is -2.44. The molecular formula is C56H79N13O11S. The van der Waals surface area contributed by atoms with Gasteiger partial charge < -0.3 is 85.8 Å². The smallest absolute Gasteiger partial charge is 0.255 e. The molecule has 81 heavy (non-hydrogen) atoms. The minimum atomic E-state index is -1.16. The molecule has 0 aliphatic carbocycles. The predicted octanol–water partition coefficient (Wildman–Crippen LogP) is 3.53. The number of amides is 8. The summed E-state index contributed by atoms with van der Waals surface area (Å²) >= 11 is 1.31. The summed E-state index contributed by atoms with van der Waals surface area (Å²) in [6.07, 6.45) is 7.23. The number of benzene rings is 4. The highest BCUT2D eigenvalue weighted by atomic mass is 32.2. The van der Waals surface area contributed by atoms with Crippen molar-refractivity contribution >= 4 is 81.8 Å². The third kappa shape index (κ3) is 20.4. The van der Waals surface area contributed by atoms with Crippen molar-refractivity contribution in [3.05, 3.63) is 95.1 Å². The molecule has 0 heterocycles. The molecule has 4 atom stereocenters. The van der Waals surface area contributed by atoms with E-state index in [0.717, 1.165) is 6.42 Å². The topological polar surface area (TPSA) is 405 Å². The fraction of sp³-hybridized carbons (Fsp3) is 0.429. The maximum atomic E-state index is 14.2. The molecule has 0 spiro atoms. The Hall–Kier alpha value is -7.81. The number of nitrogens with two attached hydrogens (primary N) is 6. The van der Waals surface area contributed by atoms with Crippen LogP contribution in [-0.2, 0) is 19.2 Å². The van der Waals surface area contributed by atoms with Crippen molar-refractivity contribution in [2.45, 2.75) is 106 Å². The summed E-state index contributed by atoms with van der Waals surface area (Å²) in [5.41, 5.74) is 35.6. The number of hydrogen-bond donors (Lipinski definition) is 13. The van der Waals surface area contributed by atoms with E-state index in [0.29, 0.717) is 88.1 Å². The predicted molar refractivity (Wildman–Crippen MR) is 314 cm³/mol. The van der Waals surface area contributed by atoms with E-state index in [4.69, 9.17) is 48.6 Å². The highest BCUT2D eigenvalue weighted by Gasteiger charge is 2.29. The number of primary amides is 1. The fourth-order valence-electron chi connectivity index (χ4n) is 8.42. The van der Waals surface area contributed by atoms with Gasteiger partial charge in [0.15, 0.2) is 0 Å². The first-order valence-electron chi connectivity index (χ1n) is 26.7. The second kappa shape index (κ2) is 34.4. The van der Waals surface area contributed by atoms with Gasteiger partial charge in [-0.3, -0.25) is 38.4 Å². The zero-order chi connectivity index (χ0) is 59.4. The molecule has 4 aromatic rings. The first-order chi connectivity index (χ1) is 38.9. The molecule has 4 aromatic carbocycles. The van der Waals surface area contributed by atoms with Gasteiger partial charge in [0.2, 0.25) is 23.6 Å². The van der Waals surface area contributed by atoms with E-state index in [9.17, 15) is 38.4 Å². The maximum absolute atomic E-state index is 14.2. The minimum absolute atomic E-state index is 0.0313. The standard InChI is InChI=1S/C56H79N13O11S/c1-78-45-21-17-33(29-37(45)49(62)70)64-54(75)42(14-6-10-26-58)67-50(71)38-30-34(18-22-46(38)79-2)65-55(76)43(15-7-11-27-59)68-51(72)39-31-35(19-23-47(39)80-3)66-56(77)44(16-8-12-28-60)69-52(73)40-32-36(20-24-48(40)81-4)63-53(74)41(61)13-5-9-25-57/h17-24,29-32,41-44H,5-16,25-28,57-61H2,1-4H3,(H2,62,70)(H,63,74)(H,64,75)(H,65,76)(H,66,77)(H,67,71)(H,68,72)(H,69,73). The zero-order valence-electron chi connectivity index (χ0n) is 46.4. The van der Waals surface area contributed by atoms with Crippen LogP contribution in [-0.4, -0.2) is 125 Å². The highest BCUT2D eigenvalue weighted by molar-refractivity contribution is 7.98. The van der Waals surface area contributed by atoms with E-state index < -0.39 is 71.4 Å². The number of methoxy groups -OCH3 is 3. The molecule has 25 heteroatoms. The van der Waals surface area contributed by atoms with E-state index in [-0.39, 0.29) is 75.8 Å². The van der Waals surface area contributed by atoms with Crippen molar-refractivity contribution < 1.29 is 52.6 Å². The van der Waals surface area contributed by atoms with Gasteiger partial charge in [0.1, 0.15) is 35.4 Å². The van der Waals surface area contributed by atoms with Crippen molar-refractivity contribution in [1.29, 1.82) is 0 Å². The quantitative estimate of drug-likeness (QED) is 0.0231. The van der Waals surface area contributed by atoms with Crippen molar-refractivity contribution in [3.63, 3.8) is 0 Å². The molecule has 0 aliphatic rings. The molecule has 8 amide bonds. The summed E-state index contributed by atoms with van der Waals surface area (Å²) in [5, 5.41) is 19.5. The number of unbranched alkanes of at least 4 members (excludes halogenated alkanes) is 4. The molecule has 0 saturated carbocycles. The Labute approximate surface area is 476 Å². The van der Waals surface area contributed by atoms with Crippen LogP contribution in [0.25, 0.3) is 0 Å². The number of rotatable bonds is 35. The van der Waals surface area contributed by atoms with Gasteiger partial charge in [-0.05, 0) is 176 Å². The third-order valence-corrected chi connectivity index (χ3v) is 13.7. The molecule has 440 valence electrons. The SMILES string of the molecule is COc1ccc(NC(=O)C(CCCCN)NC(=O)c2cc(NC(=O)C(CCCCN)NC(=O)c3cc(NC(=O)C(CCCCN)NC(=O)c4cc(NC(=O)C(N)CCCCN)ccc4SC)ccc3OC)ccc2OC)cc1C(N)=O. The van der Waals surface area contributed by atoms with Gasteiger partial charge in [-0.1, -0.05) is 6.42 Å². The molecule has 4 unspecified atom stereocenters. The second-order valence-corrected chi connectivity index (χ2v) is 19.7. The van der Waals surface area contributed by atoms with Gasteiger partial charge in [-0.15, -0.1) is 11.8 Å². The molecule has 0 radical (unpaired) electrons. The molecule has 4 rings (SSSR count). The van der Waals surface area contributed by atoms with Gasteiger partial charge in [0.05, 0.1) is 49.6 Å². The van der Waals surface area contributed by atoms with Crippen LogP contribution in [0.15, 0.2) is 77.7 Å². The van der Waals surface area contributed by atoms with Crippen LogP contribution in [0, 0.1) is 0 Å². The Morgan fingerprint density at radius 3 is 1.09 bits per heavy atom. The third-order valence-electron chi connectivity index (χ3n) is 12.9. The summed E-state index contributed by atoms with van der Waals surface area (Å²) in [4.78, 5) is 110. The van der Waals surface area contributed by atoms with Crippen LogP contribution in [0.4, 0.5) is 22.7 Å². The number of ether oxygens (including phenoxy) is 3. The Kier molecular flexibility index (Phi) is 27.9. The largest absolute Gasteiger partial charge is 0.496 e. The summed E-state index contributed by atoms with van der Waals surface area (Å²) in [6, 6.07) is 13.8. The lowest BCUT2D eigenvalue weighted by molar-refractivity contribution is -0.118. The minimum Gasteiger partial charge on any atom is -0.496 e. The van der Waals surface area contributed by atoms with Crippen LogP contribution in [0.2, 0.25) is 0 Å². The Balaban J connectivity index is 1.55. The molecule has 0 saturated heterocycles. The summed E-state index contributed by atoms with van der Waals surface area (Å²) < 4.78 is 16.3. The van der Waals surface area contributed by atoms with E-state index >= 15 is 0 Å². The summed E-state index contributed by atoms with van der Waals surface area (Å²) in [6.45, 7) is 1.50. The lowest BCUT2D eigenvalue weighted by atomic mass is 10.1. The lowest BCUT2D eigenvalue weighted by Gasteiger charge is -2.22. The van der Waals surface area contributed by atoms with Crippen molar-refractivity contribution in [1.82, 2.24) is 16.0 Å². The van der Waals surface area contributed by atoms with Gasteiger partial charge >= 0.3 is 0 Å². The Morgan fingerprint density at radius 2 is 0.741 bits per heavy atom. The second-order valence-electron chi connectivity index (χ2n) is 18.8. The van der Waals surface area contributed by atoms with Gasteiger partial charge in [0, 0.05) is 27.6 Å². The molecule has 24 nitrogen and oxygen atoms in total. The van der Waals surface area contributed by atoms with E-state index in [2.05, 4.69) is 37.2 Å². The zero-order valence-corrected chi connectivity index (χ0v) is 47.2. The molecule has 19 N–H and O–H groups in total. The van der Waals surface area contributed by atoms with Gasteiger partial charge in [0.25, 0.3) is 23.6 Å². The van der Waals surface area contributed by atoms with Crippen LogP contribution in [0.3, 0.4) is 0 Å². The van der Waals surface area contributed by atoms with Crippen LogP contribution >= 0.6 is 11.8 Å². The number of anilines is 4. The Morgan fingerprint density at radius 1 is 0.432 bits per heavy atom. The molecule has 0 aromatic heterocycles. The number of hydrogen-bond acceptors (Lipinski definition) is 17. The van der Waals surface area contributed by atoms with E-state index in [1.54, 1.807) is 18.4 Å². The number of thioether (sulfide) groups is 1. The maximum Gasteiger partial charge on any atom is 0.255 e. The first kappa shape index (κ1) is 65.7. The molecule has 0 aliphatic heterocycles. The summed E-state index contributed by atoms with van der Waals surface area (Å²) in [7, 11) is 4.08. The average molecular weight is 1140 g/mol. The molecule has 0 fully saturated rings. The van der Waals surface area contributed by atoms with Gasteiger partial charge in [-0.25, -0.2) is 0 Å². The normalized spacial score (nSPS) is 12.4. The molecule has 0 bridgehead atoms. The van der Waals surface area contributed by atoms with Crippen LogP contribution in [0.5, 0.6) is 17.2 Å². The average Bonchev–Trinajstić information content (AvgIpc) is 3.48. The summed E-state index contributed by atoms with van der Waals surface area (Å²) in [5.74, 6) is -4.60. The number of nitrogens with one attached hydrogen (secondary N) is 7. The van der Waals surface area contributed by atoms with E-state index in [1.165, 1.54) is 93.8 Å². The number of carbonyl (C=O) groups is 8. The monoisotopic (exact) mass is 1140 g/mol. The fourth-order valence-corrected chi connectivity index (χ4v) is 9.00. The molecular weight excluding hydrogens is 1060 g/mol. The highest BCUT2D eigenvalue weighted by Crippen LogP contribution is 2.28. The number of carbonyl (C=O) groups excluding carboxylic acids is 8. The first-order valence-corrected chi connectivity index (χ1v) is 27.9. The van der Waals surface area contributed by atoms with Crippen LogP contribution in [0.1, 0.15) is 118 Å². The van der Waals surface area contributed by atoms with Crippen molar-refractivity contribution in [2.75, 3.05) is 75.0 Å². The van der Waals surface area contributed by atoms with E-state index in [1.807, 2.05) is 0 Å². The van der Waals surface area contributed by atoms with Crippen molar-refractivity contribution in [3.8, 4) is 17.2 Å². The van der Waals surface area contributed by atoms with Crippen molar-refractivity contribution in [2.24, 2.45) is 34.4 Å². The van der Waals surface area contributed by atoms with Gasteiger partial charge in [-0.2, -0.15) is 0 Å². The van der Waals surface area contributed by atoms with Crippen LogP contribution < -0.4 is 85.8 Å². The Bertz CT molecular complexity index is 2800.